The lowest BCUT2D eigenvalue weighted by atomic mass is 10.6. The lowest BCUT2D eigenvalue weighted by Crippen LogP contribution is -2.17. The van der Waals surface area contributed by atoms with Crippen molar-refractivity contribution in [2.75, 3.05) is 12.8 Å². The van der Waals surface area contributed by atoms with Gasteiger partial charge in [0.05, 0.1) is 5.75 Å². The fourth-order valence-corrected chi connectivity index (χ4v) is 1.16. The zero-order valence-electron chi connectivity index (χ0n) is 5.22. The van der Waals surface area contributed by atoms with Gasteiger partial charge in [0.25, 0.3) is 0 Å². The number of hydrogen-bond acceptors (Lipinski definition) is 3. The van der Waals surface area contributed by atoms with Gasteiger partial charge >= 0.3 is 0 Å². The maximum atomic E-state index is 8.85. The second-order valence-electron chi connectivity index (χ2n) is 1.58. The Morgan fingerprint density at radius 1 is 1.50 bits per heavy atom. The van der Waals surface area contributed by atoms with Crippen LogP contribution >= 0.6 is 10.8 Å². The van der Waals surface area contributed by atoms with Crippen molar-refractivity contribution in [1.29, 1.82) is 0 Å². The minimum absolute atomic E-state index is 0.448. The van der Waals surface area contributed by atoms with E-state index in [0.29, 0.717) is 5.75 Å². The van der Waals surface area contributed by atoms with Gasteiger partial charge in [0.15, 0.2) is 0 Å². The van der Waals surface area contributed by atoms with Gasteiger partial charge in [0, 0.05) is 7.05 Å². The van der Waals surface area contributed by atoms with Crippen LogP contribution < -0.4 is 4.72 Å². The molecule has 4 heteroatoms. The van der Waals surface area contributed by atoms with Crippen molar-refractivity contribution in [2.45, 2.75) is 13.3 Å². The topological polar surface area (TPSA) is 52.5 Å². The summed E-state index contributed by atoms with van der Waals surface area (Å²) in [5.41, 5.74) is 0. The summed E-state index contributed by atoms with van der Waals surface area (Å²) in [6, 6.07) is 0. The van der Waals surface area contributed by atoms with E-state index in [-0.39, 0.29) is 0 Å². The normalized spacial score (nSPS) is 14.0. The summed E-state index contributed by atoms with van der Waals surface area (Å²) in [5, 5.41) is 0. The van der Waals surface area contributed by atoms with Crippen LogP contribution in [0.5, 0.6) is 0 Å². The van der Waals surface area contributed by atoms with Crippen LogP contribution in [0, 0.1) is 0 Å². The molecule has 0 rings (SSSR count). The van der Waals surface area contributed by atoms with Gasteiger partial charge in [-0.25, -0.2) is 4.72 Å². The van der Waals surface area contributed by atoms with Gasteiger partial charge in [-0.05, 0) is 6.42 Å². The highest BCUT2D eigenvalue weighted by Crippen LogP contribution is 2.32. The summed E-state index contributed by atoms with van der Waals surface area (Å²) in [5.74, 6) is 0.448. The van der Waals surface area contributed by atoms with E-state index in [1.165, 1.54) is 0 Å². The average molecular weight is 139 g/mol. The standard InChI is InChI=1S/C4H13NO2S/c1-3-4-8(6,7)5-2/h5-7H,3-4H2,1-2H3. The molecule has 0 aliphatic heterocycles. The third-order valence-corrected chi connectivity index (χ3v) is 2.45. The molecule has 0 atom stereocenters. The van der Waals surface area contributed by atoms with E-state index in [4.69, 9.17) is 9.11 Å². The summed E-state index contributed by atoms with van der Waals surface area (Å²) in [4.78, 5) is 0. The van der Waals surface area contributed by atoms with Crippen LogP contribution in [0.15, 0.2) is 0 Å². The zero-order valence-corrected chi connectivity index (χ0v) is 6.03. The third kappa shape index (κ3) is 3.26. The van der Waals surface area contributed by atoms with Gasteiger partial charge < -0.3 is 0 Å². The Hall–Kier alpha value is 0.230. The summed E-state index contributed by atoms with van der Waals surface area (Å²) in [7, 11) is -0.873. The molecule has 0 bridgehead atoms. The molecule has 52 valence electrons. The molecule has 3 nitrogen and oxygen atoms in total. The summed E-state index contributed by atoms with van der Waals surface area (Å²) in [6.45, 7) is 1.91. The predicted octanol–water partition coefficient (Wildman–Crippen LogP) is 1.28. The Bertz CT molecular complexity index is 67.1. The molecule has 0 spiro atoms. The van der Waals surface area contributed by atoms with Crippen molar-refractivity contribution in [3.8, 4) is 0 Å². The largest absolute Gasteiger partial charge is 0.286 e. The molecule has 0 heterocycles. The smallest absolute Gasteiger partial charge is 0.0525 e. The molecule has 0 unspecified atom stereocenters. The van der Waals surface area contributed by atoms with E-state index in [1.54, 1.807) is 7.05 Å². The Morgan fingerprint density at radius 2 is 2.00 bits per heavy atom. The first-order valence-electron chi connectivity index (χ1n) is 2.57. The summed E-state index contributed by atoms with van der Waals surface area (Å²) >= 11 is 0. The molecule has 0 saturated carbocycles. The van der Waals surface area contributed by atoms with Gasteiger partial charge in [-0.15, -0.1) is 10.8 Å². The molecule has 0 aromatic heterocycles. The Labute approximate surface area is 51.6 Å². The molecule has 0 amide bonds. The molecular weight excluding hydrogens is 126 g/mol. The van der Waals surface area contributed by atoms with Crippen molar-refractivity contribution in [2.24, 2.45) is 0 Å². The van der Waals surface area contributed by atoms with Crippen molar-refractivity contribution >= 4 is 10.8 Å². The van der Waals surface area contributed by atoms with Crippen molar-refractivity contribution in [1.82, 2.24) is 4.72 Å². The van der Waals surface area contributed by atoms with Crippen LogP contribution in [-0.4, -0.2) is 21.9 Å². The van der Waals surface area contributed by atoms with Crippen LogP contribution in [-0.2, 0) is 0 Å². The second-order valence-corrected chi connectivity index (χ2v) is 3.73. The van der Waals surface area contributed by atoms with Crippen molar-refractivity contribution in [3.63, 3.8) is 0 Å². The molecule has 0 fully saturated rings. The van der Waals surface area contributed by atoms with E-state index in [2.05, 4.69) is 4.72 Å². The van der Waals surface area contributed by atoms with Gasteiger partial charge in [0.1, 0.15) is 0 Å². The number of nitrogens with one attached hydrogen (secondary N) is 1. The third-order valence-electron chi connectivity index (χ3n) is 0.816. The maximum absolute atomic E-state index is 8.85. The van der Waals surface area contributed by atoms with E-state index in [0.717, 1.165) is 6.42 Å². The molecule has 0 aliphatic carbocycles. The van der Waals surface area contributed by atoms with Crippen molar-refractivity contribution < 1.29 is 9.11 Å². The van der Waals surface area contributed by atoms with Gasteiger partial charge in [-0.2, -0.15) is 0 Å². The monoisotopic (exact) mass is 139 g/mol. The Morgan fingerprint density at radius 3 is 2.12 bits per heavy atom. The highest BCUT2D eigenvalue weighted by Gasteiger charge is 2.03. The minimum atomic E-state index is -2.42. The molecule has 0 aliphatic rings. The quantitative estimate of drug-likeness (QED) is 0.552. The first kappa shape index (κ1) is 8.23. The molecule has 0 radical (unpaired) electrons. The average Bonchev–Trinajstić information content (AvgIpc) is 1.67. The first-order chi connectivity index (χ1) is 3.62. The van der Waals surface area contributed by atoms with Gasteiger partial charge in [0.2, 0.25) is 0 Å². The van der Waals surface area contributed by atoms with Crippen molar-refractivity contribution in [3.05, 3.63) is 0 Å². The van der Waals surface area contributed by atoms with Gasteiger partial charge in [-0.3, -0.25) is 9.11 Å². The van der Waals surface area contributed by atoms with E-state index in [1.807, 2.05) is 6.92 Å². The van der Waals surface area contributed by atoms with Crippen LogP contribution in [0.3, 0.4) is 0 Å². The zero-order chi connectivity index (χ0) is 6.62. The van der Waals surface area contributed by atoms with E-state index < -0.39 is 10.8 Å². The lowest BCUT2D eigenvalue weighted by Gasteiger charge is -2.30. The lowest BCUT2D eigenvalue weighted by molar-refractivity contribution is 0.475. The molecule has 0 aromatic rings. The summed E-state index contributed by atoms with van der Waals surface area (Å²) < 4.78 is 20.1. The molecule has 0 saturated heterocycles. The molecule has 8 heavy (non-hydrogen) atoms. The maximum Gasteiger partial charge on any atom is 0.0525 e. The minimum Gasteiger partial charge on any atom is -0.286 e. The molecule has 3 N–H and O–H groups in total. The fraction of sp³-hybridized carbons (Fsp3) is 1.00. The highest BCUT2D eigenvalue weighted by atomic mass is 32.3. The van der Waals surface area contributed by atoms with Gasteiger partial charge in [-0.1, -0.05) is 6.92 Å². The Kier molecular flexibility index (Phi) is 3.39. The Balaban J connectivity index is 3.37. The number of rotatable bonds is 3. The highest BCUT2D eigenvalue weighted by molar-refractivity contribution is 8.22. The van der Waals surface area contributed by atoms with Crippen LogP contribution in [0.1, 0.15) is 13.3 Å². The van der Waals surface area contributed by atoms with Crippen LogP contribution in [0.25, 0.3) is 0 Å². The van der Waals surface area contributed by atoms with E-state index >= 15 is 0 Å². The first-order valence-corrected chi connectivity index (χ1v) is 4.28. The molecular formula is C4H13NO2S. The van der Waals surface area contributed by atoms with Crippen LogP contribution in [0.2, 0.25) is 0 Å². The predicted molar refractivity (Wildman–Crippen MR) is 37.1 cm³/mol. The van der Waals surface area contributed by atoms with E-state index in [9.17, 15) is 0 Å². The fourth-order valence-electron chi connectivity index (χ4n) is 0.387. The number of hydrogen-bond donors (Lipinski definition) is 3. The SMILES string of the molecule is CCCS(O)(O)NC. The second kappa shape index (κ2) is 3.29. The molecule has 0 aromatic carbocycles. The summed E-state index contributed by atoms with van der Waals surface area (Å²) in [6.07, 6.45) is 0.795. The van der Waals surface area contributed by atoms with Crippen LogP contribution in [0.4, 0.5) is 0 Å².